The van der Waals surface area contributed by atoms with Crippen LogP contribution in [0.3, 0.4) is 0 Å². The van der Waals surface area contributed by atoms with E-state index in [1.165, 1.54) is 0 Å². The standard InChI is InChI=1S/C11H13N3/c1-9-5-11(7-13-6-9)14-4-2-3-10(12)8-14/h2-7H,8,12H2,1H3. The molecule has 0 amide bonds. The van der Waals surface area contributed by atoms with E-state index in [4.69, 9.17) is 5.73 Å². The highest BCUT2D eigenvalue weighted by molar-refractivity contribution is 5.51. The van der Waals surface area contributed by atoms with Gasteiger partial charge < -0.3 is 10.6 Å². The van der Waals surface area contributed by atoms with Crippen LogP contribution in [0.15, 0.2) is 42.5 Å². The number of hydrogen-bond acceptors (Lipinski definition) is 3. The highest BCUT2D eigenvalue weighted by Crippen LogP contribution is 2.17. The van der Waals surface area contributed by atoms with Crippen LogP contribution in [0.4, 0.5) is 5.69 Å². The number of allylic oxidation sites excluding steroid dienone is 2. The molecule has 0 aliphatic carbocycles. The number of aryl methyl sites for hydroxylation is 1. The van der Waals surface area contributed by atoms with Crippen molar-refractivity contribution in [3.63, 3.8) is 0 Å². The van der Waals surface area contributed by atoms with Gasteiger partial charge in [0.1, 0.15) is 0 Å². The summed E-state index contributed by atoms with van der Waals surface area (Å²) in [6, 6.07) is 2.09. The second-order valence-corrected chi connectivity index (χ2v) is 3.43. The lowest BCUT2D eigenvalue weighted by Gasteiger charge is -2.22. The van der Waals surface area contributed by atoms with E-state index in [1.807, 2.05) is 37.7 Å². The van der Waals surface area contributed by atoms with Gasteiger partial charge in [0.2, 0.25) is 0 Å². The summed E-state index contributed by atoms with van der Waals surface area (Å²) in [5.41, 5.74) is 8.86. The molecule has 14 heavy (non-hydrogen) atoms. The van der Waals surface area contributed by atoms with Crippen molar-refractivity contribution < 1.29 is 0 Å². The van der Waals surface area contributed by atoms with Crippen molar-refractivity contribution in [2.75, 3.05) is 11.4 Å². The van der Waals surface area contributed by atoms with E-state index in [9.17, 15) is 0 Å². The molecule has 0 fully saturated rings. The summed E-state index contributed by atoms with van der Waals surface area (Å²) in [6.45, 7) is 2.77. The van der Waals surface area contributed by atoms with Crippen LogP contribution in [0.25, 0.3) is 0 Å². The average Bonchev–Trinajstić information content (AvgIpc) is 2.18. The quantitative estimate of drug-likeness (QED) is 0.725. The first-order chi connectivity index (χ1) is 6.75. The molecule has 2 N–H and O–H groups in total. The zero-order valence-corrected chi connectivity index (χ0v) is 8.14. The Morgan fingerprint density at radius 2 is 2.29 bits per heavy atom. The van der Waals surface area contributed by atoms with Crippen molar-refractivity contribution >= 4 is 5.69 Å². The van der Waals surface area contributed by atoms with Crippen molar-refractivity contribution in [1.29, 1.82) is 0 Å². The second kappa shape index (κ2) is 3.54. The van der Waals surface area contributed by atoms with Crippen molar-refractivity contribution in [2.24, 2.45) is 5.73 Å². The van der Waals surface area contributed by atoms with Gasteiger partial charge >= 0.3 is 0 Å². The van der Waals surface area contributed by atoms with Crippen LogP contribution < -0.4 is 10.6 Å². The molecule has 2 heterocycles. The normalized spacial score (nSPS) is 15.5. The molecule has 0 spiro atoms. The van der Waals surface area contributed by atoms with Gasteiger partial charge in [0.15, 0.2) is 0 Å². The van der Waals surface area contributed by atoms with Crippen LogP contribution in [0, 0.1) is 6.92 Å². The summed E-state index contributed by atoms with van der Waals surface area (Å²) in [5, 5.41) is 0. The number of aromatic nitrogens is 1. The summed E-state index contributed by atoms with van der Waals surface area (Å²) in [6.07, 6.45) is 9.56. The summed E-state index contributed by atoms with van der Waals surface area (Å²) in [7, 11) is 0. The van der Waals surface area contributed by atoms with Gasteiger partial charge in [-0.05, 0) is 30.7 Å². The molecule has 0 atom stereocenters. The molecule has 1 aliphatic heterocycles. The van der Waals surface area contributed by atoms with E-state index in [1.54, 1.807) is 0 Å². The molecule has 1 aliphatic rings. The van der Waals surface area contributed by atoms with E-state index in [0.717, 1.165) is 23.5 Å². The lowest BCUT2D eigenvalue weighted by Crippen LogP contribution is -2.24. The van der Waals surface area contributed by atoms with Crippen LogP contribution in [-0.2, 0) is 0 Å². The van der Waals surface area contributed by atoms with Crippen LogP contribution in [0.1, 0.15) is 5.56 Å². The molecule has 0 saturated heterocycles. The third-order valence-corrected chi connectivity index (χ3v) is 2.12. The van der Waals surface area contributed by atoms with Crippen molar-refractivity contribution in [1.82, 2.24) is 4.98 Å². The minimum absolute atomic E-state index is 0.738. The van der Waals surface area contributed by atoms with Crippen molar-refractivity contribution in [2.45, 2.75) is 6.92 Å². The molecular weight excluding hydrogens is 174 g/mol. The number of pyridine rings is 1. The first-order valence-corrected chi connectivity index (χ1v) is 4.57. The molecule has 1 aromatic rings. The Morgan fingerprint density at radius 1 is 1.43 bits per heavy atom. The van der Waals surface area contributed by atoms with Gasteiger partial charge in [-0.1, -0.05) is 0 Å². The summed E-state index contributed by atoms with van der Waals surface area (Å²) < 4.78 is 0. The van der Waals surface area contributed by atoms with Gasteiger partial charge in [-0.25, -0.2) is 0 Å². The zero-order valence-electron chi connectivity index (χ0n) is 8.14. The molecule has 0 saturated carbocycles. The highest BCUT2D eigenvalue weighted by Gasteiger charge is 2.07. The predicted octanol–water partition coefficient (Wildman–Crippen LogP) is 1.57. The third kappa shape index (κ3) is 1.76. The first kappa shape index (κ1) is 8.81. The molecular formula is C11H13N3. The van der Waals surface area contributed by atoms with Gasteiger partial charge in [0, 0.05) is 18.1 Å². The maximum atomic E-state index is 5.75. The Bertz CT molecular complexity index is 393. The molecule has 0 unspecified atom stereocenters. The predicted molar refractivity (Wildman–Crippen MR) is 57.7 cm³/mol. The van der Waals surface area contributed by atoms with E-state index in [0.29, 0.717) is 0 Å². The van der Waals surface area contributed by atoms with Gasteiger partial charge in [-0.2, -0.15) is 0 Å². The fraction of sp³-hybridized carbons (Fsp3) is 0.182. The van der Waals surface area contributed by atoms with E-state index in [-0.39, 0.29) is 0 Å². The zero-order chi connectivity index (χ0) is 9.97. The Labute approximate surface area is 83.6 Å². The first-order valence-electron chi connectivity index (χ1n) is 4.57. The number of rotatable bonds is 1. The van der Waals surface area contributed by atoms with Crippen LogP contribution in [0.5, 0.6) is 0 Å². The Balaban J connectivity index is 2.25. The summed E-state index contributed by atoms with van der Waals surface area (Å²) in [5.74, 6) is 0. The summed E-state index contributed by atoms with van der Waals surface area (Å²) in [4.78, 5) is 6.23. The Morgan fingerprint density at radius 3 is 3.00 bits per heavy atom. The minimum Gasteiger partial charge on any atom is -0.401 e. The number of hydrogen-bond donors (Lipinski definition) is 1. The molecule has 1 aromatic heterocycles. The van der Waals surface area contributed by atoms with Crippen LogP contribution in [0.2, 0.25) is 0 Å². The van der Waals surface area contributed by atoms with Gasteiger partial charge in [0.05, 0.1) is 18.4 Å². The van der Waals surface area contributed by atoms with E-state index in [2.05, 4.69) is 16.0 Å². The smallest absolute Gasteiger partial charge is 0.0621 e. The molecule has 72 valence electrons. The lowest BCUT2D eigenvalue weighted by atomic mass is 10.2. The van der Waals surface area contributed by atoms with E-state index >= 15 is 0 Å². The van der Waals surface area contributed by atoms with Crippen molar-refractivity contribution in [3.8, 4) is 0 Å². The van der Waals surface area contributed by atoms with Crippen LogP contribution in [-0.4, -0.2) is 11.5 Å². The largest absolute Gasteiger partial charge is 0.401 e. The van der Waals surface area contributed by atoms with Crippen molar-refractivity contribution in [3.05, 3.63) is 48.1 Å². The molecule has 0 aromatic carbocycles. The maximum absolute atomic E-state index is 5.75. The molecule has 0 bridgehead atoms. The number of nitrogens with two attached hydrogens (primary N) is 1. The third-order valence-electron chi connectivity index (χ3n) is 2.12. The van der Waals surface area contributed by atoms with E-state index < -0.39 is 0 Å². The summed E-state index contributed by atoms with van der Waals surface area (Å²) >= 11 is 0. The van der Waals surface area contributed by atoms with Crippen LogP contribution >= 0.6 is 0 Å². The monoisotopic (exact) mass is 187 g/mol. The minimum atomic E-state index is 0.738. The second-order valence-electron chi connectivity index (χ2n) is 3.43. The highest BCUT2D eigenvalue weighted by atomic mass is 15.1. The fourth-order valence-corrected chi connectivity index (χ4v) is 1.45. The molecule has 0 radical (unpaired) electrons. The topological polar surface area (TPSA) is 42.2 Å². The number of anilines is 1. The lowest BCUT2D eigenvalue weighted by molar-refractivity contribution is 0.986. The Kier molecular flexibility index (Phi) is 2.23. The molecule has 2 rings (SSSR count). The van der Waals surface area contributed by atoms with Gasteiger partial charge in [-0.15, -0.1) is 0 Å². The average molecular weight is 187 g/mol. The number of nitrogens with zero attached hydrogens (tertiary/aromatic N) is 2. The SMILES string of the molecule is Cc1cncc(N2C=CC=C(N)C2)c1. The Hall–Kier alpha value is -1.77. The fourth-order valence-electron chi connectivity index (χ4n) is 1.45. The maximum Gasteiger partial charge on any atom is 0.0621 e. The molecule has 3 nitrogen and oxygen atoms in total. The van der Waals surface area contributed by atoms with Gasteiger partial charge in [0.25, 0.3) is 0 Å². The molecule has 3 heteroatoms. The van der Waals surface area contributed by atoms with Gasteiger partial charge in [-0.3, -0.25) is 4.98 Å².